The van der Waals surface area contributed by atoms with E-state index in [0.717, 1.165) is 35.9 Å². The Morgan fingerprint density at radius 1 is 1.11 bits per heavy atom. The first-order valence-corrected chi connectivity index (χ1v) is 9.67. The lowest BCUT2D eigenvalue weighted by atomic mass is 10.1. The molecular weight excluding hydrogens is 344 g/mol. The number of pyridine rings is 2. The van der Waals surface area contributed by atoms with Crippen LogP contribution in [0.2, 0.25) is 0 Å². The number of hydrogen-bond acceptors (Lipinski definition) is 6. The molecule has 27 heavy (non-hydrogen) atoms. The lowest BCUT2D eigenvalue weighted by Gasteiger charge is -2.28. The molecule has 0 amide bonds. The van der Waals surface area contributed by atoms with Crippen LogP contribution in [0, 0.1) is 6.92 Å². The van der Waals surface area contributed by atoms with Gasteiger partial charge in [0.25, 0.3) is 0 Å². The molecule has 3 heterocycles. The van der Waals surface area contributed by atoms with Gasteiger partial charge in [0.15, 0.2) is 5.43 Å². The molecule has 0 atom stereocenters. The Morgan fingerprint density at radius 3 is 2.56 bits per heavy atom. The molecule has 0 aromatic carbocycles. The van der Waals surface area contributed by atoms with Crippen LogP contribution in [-0.4, -0.2) is 56.6 Å². The summed E-state index contributed by atoms with van der Waals surface area (Å²) in [6, 6.07) is 3.70. The summed E-state index contributed by atoms with van der Waals surface area (Å²) in [4.78, 5) is 20.0. The number of fused-ring (bicyclic) bond motifs is 1. The highest BCUT2D eigenvalue weighted by Crippen LogP contribution is 2.25. The minimum atomic E-state index is -0.00576. The molecule has 148 valence electrons. The summed E-state index contributed by atoms with van der Waals surface area (Å²) in [6.07, 6.45) is 3.65. The molecule has 1 fully saturated rings. The lowest BCUT2D eigenvalue weighted by Crippen LogP contribution is -2.30. The highest BCUT2D eigenvalue weighted by Gasteiger charge is 2.18. The number of aromatic nitrogens is 2. The van der Waals surface area contributed by atoms with E-state index in [1.807, 2.05) is 13.0 Å². The summed E-state index contributed by atoms with van der Waals surface area (Å²) in [5.41, 5.74) is 1.69. The molecule has 0 aliphatic carbocycles. The van der Waals surface area contributed by atoms with Crippen LogP contribution in [-0.2, 0) is 16.0 Å². The van der Waals surface area contributed by atoms with Gasteiger partial charge in [-0.05, 0) is 37.8 Å². The Labute approximate surface area is 160 Å². The lowest BCUT2D eigenvalue weighted by molar-refractivity contribution is 0.188. The quantitative estimate of drug-likeness (QED) is 0.716. The van der Waals surface area contributed by atoms with E-state index >= 15 is 0 Å². The van der Waals surface area contributed by atoms with Crippen LogP contribution in [0.3, 0.4) is 0 Å². The van der Waals surface area contributed by atoms with Crippen LogP contribution in [0.25, 0.3) is 11.0 Å². The molecular formula is C20H30N4O3. The average molecular weight is 374 g/mol. The first-order chi connectivity index (χ1) is 13.2. The SMILES string of the molecule is COCCNc1cc(=O)c2c(C)cc(N3CCCCC3)nc2n1CCOC. The molecule has 0 spiro atoms. The number of rotatable bonds is 8. The second-order valence-corrected chi connectivity index (χ2v) is 7.00. The normalized spacial score (nSPS) is 14.7. The molecule has 3 rings (SSSR count). The number of anilines is 2. The van der Waals surface area contributed by atoms with Gasteiger partial charge < -0.3 is 24.3 Å². The summed E-state index contributed by atoms with van der Waals surface area (Å²) < 4.78 is 12.5. The van der Waals surface area contributed by atoms with Crippen LogP contribution in [0.1, 0.15) is 24.8 Å². The van der Waals surface area contributed by atoms with Gasteiger partial charge >= 0.3 is 0 Å². The van der Waals surface area contributed by atoms with Crippen molar-refractivity contribution in [2.24, 2.45) is 0 Å². The maximum Gasteiger partial charge on any atom is 0.193 e. The van der Waals surface area contributed by atoms with Crippen molar-refractivity contribution in [3.05, 3.63) is 27.9 Å². The minimum absolute atomic E-state index is 0.00576. The van der Waals surface area contributed by atoms with Gasteiger partial charge in [-0.2, -0.15) is 0 Å². The predicted molar refractivity (Wildman–Crippen MR) is 109 cm³/mol. The molecule has 2 aromatic heterocycles. The maximum atomic E-state index is 12.8. The van der Waals surface area contributed by atoms with Gasteiger partial charge in [0, 0.05) is 46.5 Å². The molecule has 0 unspecified atom stereocenters. The molecule has 1 aliphatic heterocycles. The molecule has 0 radical (unpaired) electrons. The van der Waals surface area contributed by atoms with Crippen molar-refractivity contribution >= 4 is 22.7 Å². The highest BCUT2D eigenvalue weighted by molar-refractivity contribution is 5.83. The number of nitrogens with zero attached hydrogens (tertiary/aromatic N) is 3. The van der Waals surface area contributed by atoms with Gasteiger partial charge in [-0.15, -0.1) is 0 Å². The highest BCUT2D eigenvalue weighted by atomic mass is 16.5. The first-order valence-electron chi connectivity index (χ1n) is 9.67. The number of aryl methyl sites for hydroxylation is 1. The summed E-state index contributed by atoms with van der Waals surface area (Å²) in [5.74, 6) is 1.71. The van der Waals surface area contributed by atoms with Gasteiger partial charge in [0.2, 0.25) is 0 Å². The van der Waals surface area contributed by atoms with E-state index in [9.17, 15) is 4.79 Å². The van der Waals surface area contributed by atoms with E-state index in [4.69, 9.17) is 14.5 Å². The van der Waals surface area contributed by atoms with Gasteiger partial charge in [0.1, 0.15) is 17.3 Å². The van der Waals surface area contributed by atoms with Crippen LogP contribution in [0.5, 0.6) is 0 Å². The molecule has 7 heteroatoms. The largest absolute Gasteiger partial charge is 0.383 e. The molecule has 2 aromatic rings. The number of piperidine rings is 1. The van der Waals surface area contributed by atoms with E-state index in [1.54, 1.807) is 20.3 Å². The summed E-state index contributed by atoms with van der Waals surface area (Å²) >= 11 is 0. The third kappa shape index (κ3) is 4.42. The van der Waals surface area contributed by atoms with Crippen molar-refractivity contribution < 1.29 is 9.47 Å². The van der Waals surface area contributed by atoms with Crippen LogP contribution in [0.4, 0.5) is 11.6 Å². The summed E-state index contributed by atoms with van der Waals surface area (Å²) in [5, 5.41) is 3.99. The molecule has 0 saturated carbocycles. The topological polar surface area (TPSA) is 68.6 Å². The fraction of sp³-hybridized carbons (Fsp3) is 0.600. The Bertz CT molecular complexity index is 828. The Balaban J connectivity index is 2.11. The monoisotopic (exact) mass is 374 g/mol. The van der Waals surface area contributed by atoms with Gasteiger partial charge in [0.05, 0.1) is 18.6 Å². The van der Waals surface area contributed by atoms with Crippen molar-refractivity contribution in [2.45, 2.75) is 32.7 Å². The maximum absolute atomic E-state index is 12.8. The third-order valence-corrected chi connectivity index (χ3v) is 5.06. The van der Waals surface area contributed by atoms with Crippen molar-refractivity contribution in [2.75, 3.05) is 57.3 Å². The van der Waals surface area contributed by atoms with Crippen LogP contribution < -0.4 is 15.6 Å². The summed E-state index contributed by atoms with van der Waals surface area (Å²) in [6.45, 7) is 6.40. The smallest absolute Gasteiger partial charge is 0.193 e. The van der Waals surface area contributed by atoms with E-state index in [-0.39, 0.29) is 5.43 Å². The molecule has 1 aliphatic rings. The zero-order valence-electron chi connectivity index (χ0n) is 16.6. The fourth-order valence-electron chi connectivity index (χ4n) is 3.65. The summed E-state index contributed by atoms with van der Waals surface area (Å²) in [7, 11) is 3.34. The van der Waals surface area contributed by atoms with E-state index in [2.05, 4.69) is 14.8 Å². The van der Waals surface area contributed by atoms with Gasteiger partial charge in [-0.3, -0.25) is 4.79 Å². The number of methoxy groups -OCH3 is 2. The van der Waals surface area contributed by atoms with E-state index in [1.165, 1.54) is 19.3 Å². The van der Waals surface area contributed by atoms with Gasteiger partial charge in [-0.1, -0.05) is 0 Å². The second kappa shape index (κ2) is 9.19. The van der Waals surface area contributed by atoms with E-state index in [0.29, 0.717) is 31.7 Å². The standard InChI is InChI=1S/C20H30N4O3/c1-15-13-18(23-8-5-4-6-9-23)22-20-19(15)16(25)14-17(21-7-11-26-2)24(20)10-12-27-3/h13-14,21H,4-12H2,1-3H3. The first kappa shape index (κ1) is 19.6. The second-order valence-electron chi connectivity index (χ2n) is 7.00. The Kier molecular flexibility index (Phi) is 6.68. The number of ether oxygens (including phenoxy) is 2. The third-order valence-electron chi connectivity index (χ3n) is 5.06. The van der Waals surface area contributed by atoms with E-state index < -0.39 is 0 Å². The number of nitrogens with one attached hydrogen (secondary N) is 1. The zero-order valence-corrected chi connectivity index (χ0v) is 16.6. The molecule has 7 nitrogen and oxygen atoms in total. The van der Waals surface area contributed by atoms with Crippen molar-refractivity contribution in [3.63, 3.8) is 0 Å². The van der Waals surface area contributed by atoms with Crippen LogP contribution >= 0.6 is 0 Å². The Hall–Kier alpha value is -2.12. The van der Waals surface area contributed by atoms with Crippen molar-refractivity contribution in [3.8, 4) is 0 Å². The zero-order chi connectivity index (χ0) is 19.2. The number of hydrogen-bond donors (Lipinski definition) is 1. The predicted octanol–water partition coefficient (Wildman–Crippen LogP) is 2.40. The Morgan fingerprint density at radius 2 is 1.85 bits per heavy atom. The van der Waals surface area contributed by atoms with Crippen molar-refractivity contribution in [1.29, 1.82) is 0 Å². The van der Waals surface area contributed by atoms with Crippen LogP contribution in [0.15, 0.2) is 16.9 Å². The average Bonchev–Trinajstić information content (AvgIpc) is 2.68. The molecule has 0 bridgehead atoms. The fourth-order valence-corrected chi connectivity index (χ4v) is 3.65. The molecule has 1 N–H and O–H groups in total. The van der Waals surface area contributed by atoms with Gasteiger partial charge in [-0.25, -0.2) is 4.98 Å². The molecule has 1 saturated heterocycles. The minimum Gasteiger partial charge on any atom is -0.383 e. The van der Waals surface area contributed by atoms with Crippen molar-refractivity contribution in [1.82, 2.24) is 9.55 Å².